The van der Waals surface area contributed by atoms with Gasteiger partial charge in [-0.1, -0.05) is 15.9 Å². The summed E-state index contributed by atoms with van der Waals surface area (Å²) >= 11 is 3.38. The minimum absolute atomic E-state index is 0.114. The quantitative estimate of drug-likeness (QED) is 0.870. The van der Waals surface area contributed by atoms with Crippen molar-refractivity contribution in [2.45, 2.75) is 32.2 Å². The minimum Gasteiger partial charge on any atom is -0.312 e. The van der Waals surface area contributed by atoms with Crippen molar-refractivity contribution in [3.63, 3.8) is 0 Å². The summed E-state index contributed by atoms with van der Waals surface area (Å²) in [5.41, 5.74) is 1.34. The molecule has 3 rings (SSSR count). The number of rotatable bonds is 5. The molecule has 0 amide bonds. The van der Waals surface area contributed by atoms with Gasteiger partial charge in [0.05, 0.1) is 0 Å². The zero-order valence-electron chi connectivity index (χ0n) is 9.81. The van der Waals surface area contributed by atoms with E-state index < -0.39 is 0 Å². The maximum atomic E-state index is 13.5. The lowest BCUT2D eigenvalue weighted by Crippen LogP contribution is -2.25. The highest BCUT2D eigenvalue weighted by Gasteiger charge is 2.53. The second-order valence-corrected chi connectivity index (χ2v) is 6.39. The van der Waals surface area contributed by atoms with Crippen LogP contribution in [-0.2, 0) is 6.54 Å². The van der Waals surface area contributed by atoms with Crippen LogP contribution in [-0.4, -0.2) is 6.54 Å². The first-order chi connectivity index (χ1) is 8.20. The van der Waals surface area contributed by atoms with Crippen LogP contribution in [0.4, 0.5) is 4.39 Å². The van der Waals surface area contributed by atoms with Crippen molar-refractivity contribution in [1.82, 2.24) is 5.32 Å². The molecule has 2 saturated carbocycles. The monoisotopic (exact) mass is 297 g/mol. The summed E-state index contributed by atoms with van der Waals surface area (Å²) in [7, 11) is 0. The average molecular weight is 298 g/mol. The molecule has 0 heterocycles. The Hall–Kier alpha value is -0.410. The van der Waals surface area contributed by atoms with Gasteiger partial charge in [-0.2, -0.15) is 0 Å². The van der Waals surface area contributed by atoms with Crippen LogP contribution >= 0.6 is 15.9 Å². The van der Waals surface area contributed by atoms with Crippen molar-refractivity contribution in [3.05, 3.63) is 34.1 Å². The first-order valence-electron chi connectivity index (χ1n) is 6.34. The molecule has 0 atom stereocenters. The Morgan fingerprint density at radius 2 is 2.12 bits per heavy atom. The summed E-state index contributed by atoms with van der Waals surface area (Å²) in [6, 6.07) is 5.12. The van der Waals surface area contributed by atoms with E-state index in [0.29, 0.717) is 12.0 Å². The third-order valence-corrected chi connectivity index (χ3v) is 4.63. The second-order valence-electron chi connectivity index (χ2n) is 5.48. The van der Waals surface area contributed by atoms with Crippen LogP contribution in [0, 0.1) is 17.2 Å². The van der Waals surface area contributed by atoms with E-state index in [1.54, 1.807) is 6.07 Å². The van der Waals surface area contributed by atoms with Crippen LogP contribution in [0.25, 0.3) is 0 Å². The van der Waals surface area contributed by atoms with Crippen LogP contribution in [0.2, 0.25) is 0 Å². The van der Waals surface area contributed by atoms with E-state index in [0.717, 1.165) is 22.5 Å². The molecule has 0 spiro atoms. The van der Waals surface area contributed by atoms with Gasteiger partial charge in [-0.3, -0.25) is 0 Å². The topological polar surface area (TPSA) is 12.0 Å². The lowest BCUT2D eigenvalue weighted by Gasteiger charge is -2.15. The van der Waals surface area contributed by atoms with Crippen LogP contribution in [0.1, 0.15) is 31.2 Å². The van der Waals surface area contributed by atoms with E-state index in [4.69, 9.17) is 0 Å². The average Bonchev–Trinajstić information content (AvgIpc) is 3.14. The molecule has 2 aliphatic rings. The maximum Gasteiger partial charge on any atom is 0.127 e. The molecule has 0 bridgehead atoms. The van der Waals surface area contributed by atoms with Gasteiger partial charge in [-0.15, -0.1) is 0 Å². The van der Waals surface area contributed by atoms with Crippen LogP contribution in [0.5, 0.6) is 0 Å². The fourth-order valence-electron chi connectivity index (χ4n) is 2.71. The molecule has 0 radical (unpaired) electrons. The van der Waals surface area contributed by atoms with Gasteiger partial charge in [0.2, 0.25) is 0 Å². The van der Waals surface area contributed by atoms with Crippen molar-refractivity contribution in [2.75, 3.05) is 6.54 Å². The zero-order chi connectivity index (χ0) is 11.9. The van der Waals surface area contributed by atoms with Crippen LogP contribution in [0.15, 0.2) is 22.7 Å². The second kappa shape index (κ2) is 4.36. The number of halogens is 2. The number of hydrogen-bond acceptors (Lipinski definition) is 1. The van der Waals surface area contributed by atoms with Gasteiger partial charge in [-0.05, 0) is 55.2 Å². The van der Waals surface area contributed by atoms with E-state index in [1.165, 1.54) is 31.7 Å². The molecule has 3 heteroatoms. The van der Waals surface area contributed by atoms with Gasteiger partial charge >= 0.3 is 0 Å². The standard InChI is InChI=1S/C14H17BrFN/c15-12-3-4-13(16)10(7-12)8-17-9-14(5-6-14)11-1-2-11/h3-4,7,11,17H,1-2,5-6,8-9H2. The van der Waals surface area contributed by atoms with E-state index in [1.807, 2.05) is 6.07 Å². The normalized spacial score (nSPS) is 21.5. The van der Waals surface area contributed by atoms with Crippen molar-refractivity contribution < 1.29 is 4.39 Å². The van der Waals surface area contributed by atoms with Gasteiger partial charge < -0.3 is 5.32 Å². The molecule has 1 aromatic carbocycles. The van der Waals surface area contributed by atoms with E-state index in [2.05, 4.69) is 21.2 Å². The molecule has 1 nitrogen and oxygen atoms in total. The van der Waals surface area contributed by atoms with Gasteiger partial charge in [0.1, 0.15) is 5.82 Å². The summed E-state index contributed by atoms with van der Waals surface area (Å²) in [6.45, 7) is 1.70. The van der Waals surface area contributed by atoms with Crippen LogP contribution in [0.3, 0.4) is 0 Å². The largest absolute Gasteiger partial charge is 0.312 e. The molecule has 0 aliphatic heterocycles. The number of nitrogens with one attached hydrogen (secondary N) is 1. The fourth-order valence-corrected chi connectivity index (χ4v) is 3.12. The maximum absolute atomic E-state index is 13.5. The smallest absolute Gasteiger partial charge is 0.127 e. The molecule has 2 aliphatic carbocycles. The molecule has 0 aromatic heterocycles. The van der Waals surface area contributed by atoms with E-state index in [9.17, 15) is 4.39 Å². The zero-order valence-corrected chi connectivity index (χ0v) is 11.4. The SMILES string of the molecule is Fc1ccc(Br)cc1CNCC1(C2CC2)CC1. The highest BCUT2D eigenvalue weighted by Crippen LogP contribution is 2.60. The summed E-state index contributed by atoms with van der Waals surface area (Å²) in [5, 5.41) is 3.43. The molecule has 1 N–H and O–H groups in total. The Bertz CT molecular complexity index is 424. The lowest BCUT2D eigenvalue weighted by molar-refractivity contribution is 0.401. The Morgan fingerprint density at radius 3 is 2.76 bits per heavy atom. The van der Waals surface area contributed by atoms with E-state index in [-0.39, 0.29) is 5.82 Å². The number of hydrogen-bond donors (Lipinski definition) is 1. The Morgan fingerprint density at radius 1 is 1.35 bits per heavy atom. The van der Waals surface area contributed by atoms with Crippen molar-refractivity contribution in [3.8, 4) is 0 Å². The molecule has 92 valence electrons. The fraction of sp³-hybridized carbons (Fsp3) is 0.571. The Labute approximate surface area is 110 Å². The summed E-state index contributed by atoms with van der Waals surface area (Å²) in [6.07, 6.45) is 5.55. The van der Waals surface area contributed by atoms with Gasteiger partial charge in [0.15, 0.2) is 0 Å². The first-order valence-corrected chi connectivity index (χ1v) is 7.14. The van der Waals surface area contributed by atoms with Gasteiger partial charge in [0, 0.05) is 23.1 Å². The third-order valence-electron chi connectivity index (χ3n) is 4.14. The molecule has 0 saturated heterocycles. The molecule has 1 aromatic rings. The van der Waals surface area contributed by atoms with Crippen molar-refractivity contribution in [2.24, 2.45) is 11.3 Å². The predicted molar refractivity (Wildman–Crippen MR) is 70.2 cm³/mol. The van der Waals surface area contributed by atoms with Crippen molar-refractivity contribution in [1.29, 1.82) is 0 Å². The molecular formula is C14H17BrFN. The summed E-state index contributed by atoms with van der Waals surface area (Å²) in [5.74, 6) is 0.847. The van der Waals surface area contributed by atoms with E-state index >= 15 is 0 Å². The summed E-state index contributed by atoms with van der Waals surface area (Å²) in [4.78, 5) is 0. The summed E-state index contributed by atoms with van der Waals surface area (Å²) < 4.78 is 14.5. The Balaban J connectivity index is 1.55. The molecule has 2 fully saturated rings. The Kier molecular flexibility index (Phi) is 2.99. The van der Waals surface area contributed by atoms with Gasteiger partial charge in [-0.25, -0.2) is 4.39 Å². The molecule has 17 heavy (non-hydrogen) atoms. The lowest BCUT2D eigenvalue weighted by atomic mass is 10.0. The molecular weight excluding hydrogens is 281 g/mol. The van der Waals surface area contributed by atoms with Crippen LogP contribution < -0.4 is 5.32 Å². The van der Waals surface area contributed by atoms with Crippen molar-refractivity contribution >= 4 is 15.9 Å². The number of benzene rings is 1. The predicted octanol–water partition coefficient (Wildman–Crippen LogP) is 3.87. The highest BCUT2D eigenvalue weighted by molar-refractivity contribution is 9.10. The molecule has 0 unspecified atom stereocenters. The van der Waals surface area contributed by atoms with Gasteiger partial charge in [0.25, 0.3) is 0 Å². The highest BCUT2D eigenvalue weighted by atomic mass is 79.9. The minimum atomic E-state index is -0.114. The first kappa shape index (κ1) is 11.7. The third kappa shape index (κ3) is 2.55.